The van der Waals surface area contributed by atoms with E-state index in [0.717, 1.165) is 0 Å². The maximum absolute atomic E-state index is 11.7. The van der Waals surface area contributed by atoms with Gasteiger partial charge in [-0.25, -0.2) is 4.79 Å². The summed E-state index contributed by atoms with van der Waals surface area (Å²) in [6.07, 6.45) is 0.536. The number of carboxylic acid groups (broad SMARTS) is 1. The van der Waals surface area contributed by atoms with Gasteiger partial charge in [0.1, 0.15) is 11.1 Å². The summed E-state index contributed by atoms with van der Waals surface area (Å²) in [5.41, 5.74) is 0.0716. The van der Waals surface area contributed by atoms with Crippen molar-refractivity contribution in [3.63, 3.8) is 0 Å². The zero-order chi connectivity index (χ0) is 11.9. The molecule has 2 rings (SSSR count). The van der Waals surface area contributed by atoms with Gasteiger partial charge < -0.3 is 11.8 Å². The third kappa shape index (κ3) is 2.24. The quantitative estimate of drug-likeness (QED) is 0.316. The molecule has 0 aromatic carbocycles. The zero-order valence-corrected chi connectivity index (χ0v) is 12.3. The fourth-order valence-corrected chi connectivity index (χ4v) is 3.27. The number of hydrogen-bond donors (Lipinski definition) is 2. The van der Waals surface area contributed by atoms with Gasteiger partial charge in [-0.3, -0.25) is 14.5 Å². The molecule has 17 heavy (non-hydrogen) atoms. The number of amides is 2. The number of allylic oxidation sites excluding steroid dienone is 1. The van der Waals surface area contributed by atoms with E-state index in [1.807, 2.05) is 0 Å². The summed E-state index contributed by atoms with van der Waals surface area (Å²) in [7, 11) is 0. The second kappa shape index (κ2) is 5.43. The van der Waals surface area contributed by atoms with E-state index in [9.17, 15) is 14.4 Å². The average Bonchev–Trinajstić information content (AvgIpc) is 2.53. The Hall–Kier alpha value is -0.500. The summed E-state index contributed by atoms with van der Waals surface area (Å²) in [5, 5.41) is 11.2. The van der Waals surface area contributed by atoms with Crippen LogP contribution >= 0.6 is 11.8 Å². The van der Waals surface area contributed by atoms with Gasteiger partial charge in [-0.1, -0.05) is 0 Å². The van der Waals surface area contributed by atoms with Crippen molar-refractivity contribution < 1.29 is 50.5 Å². The standard InChI is InChI=1S/C9H10N2O4S.Na.H/c1-4-6(9(14)15)11-7(13)5(2-10-3-12)8(11)16-4;;/h3,5,8H,2H2,1H3,(H,10,12)(H,14,15);;/q;+1;-1/t5?,8-;;/m1../s1. The largest absolute Gasteiger partial charge is 1.00 e. The number of aliphatic carboxylic acids is 1. The van der Waals surface area contributed by atoms with Crippen LogP contribution in [0.5, 0.6) is 0 Å². The SMILES string of the molecule is CC1=C(C(=O)O)N2C(=O)C(CNC=O)[C@H]2S1.[H-].[Na+]. The number of hydrogen-bond acceptors (Lipinski definition) is 4. The van der Waals surface area contributed by atoms with E-state index in [2.05, 4.69) is 5.32 Å². The van der Waals surface area contributed by atoms with Crippen LogP contribution < -0.4 is 34.9 Å². The topological polar surface area (TPSA) is 86.7 Å². The Balaban J connectivity index is 0.00000144. The molecule has 1 unspecified atom stereocenters. The van der Waals surface area contributed by atoms with Crippen molar-refractivity contribution in [2.75, 3.05) is 6.54 Å². The predicted octanol–water partition coefficient (Wildman–Crippen LogP) is -3.30. The molecule has 8 heteroatoms. The van der Waals surface area contributed by atoms with Crippen LogP contribution in [0.15, 0.2) is 10.6 Å². The summed E-state index contributed by atoms with van der Waals surface area (Å²) < 4.78 is 0. The third-order valence-corrected chi connectivity index (χ3v) is 3.98. The minimum Gasteiger partial charge on any atom is -1.00 e. The molecule has 2 amide bonds. The second-order valence-corrected chi connectivity index (χ2v) is 4.89. The van der Waals surface area contributed by atoms with Crippen molar-refractivity contribution >= 4 is 30.0 Å². The molecule has 0 spiro atoms. The van der Waals surface area contributed by atoms with Crippen molar-refractivity contribution in [1.82, 2.24) is 10.2 Å². The van der Waals surface area contributed by atoms with Gasteiger partial charge >= 0.3 is 35.5 Å². The molecule has 2 aliphatic heterocycles. The molecule has 88 valence electrons. The predicted molar refractivity (Wildman–Crippen MR) is 57.2 cm³/mol. The zero-order valence-electron chi connectivity index (χ0n) is 10.5. The van der Waals surface area contributed by atoms with E-state index in [4.69, 9.17) is 5.11 Å². The second-order valence-electron chi connectivity index (χ2n) is 3.56. The number of carbonyl (C=O) groups is 3. The van der Waals surface area contributed by atoms with Crippen LogP contribution in [0.1, 0.15) is 8.35 Å². The van der Waals surface area contributed by atoms with Gasteiger partial charge in [0.25, 0.3) is 0 Å². The number of carboxylic acids is 1. The van der Waals surface area contributed by atoms with Crippen molar-refractivity contribution in [2.24, 2.45) is 5.92 Å². The molecule has 0 aliphatic carbocycles. The number of nitrogens with zero attached hydrogens (tertiary/aromatic N) is 1. The Labute approximate surface area is 126 Å². The van der Waals surface area contributed by atoms with E-state index in [0.29, 0.717) is 11.3 Å². The first-order chi connectivity index (χ1) is 7.57. The molecule has 2 heterocycles. The van der Waals surface area contributed by atoms with Crippen LogP contribution in [-0.2, 0) is 14.4 Å². The van der Waals surface area contributed by atoms with E-state index in [-0.39, 0.29) is 60.4 Å². The Morgan fingerprint density at radius 3 is 2.88 bits per heavy atom. The van der Waals surface area contributed by atoms with Crippen LogP contribution in [0.3, 0.4) is 0 Å². The van der Waals surface area contributed by atoms with Gasteiger partial charge in [0.05, 0.1) is 5.92 Å². The van der Waals surface area contributed by atoms with Crippen LogP contribution in [-0.4, -0.2) is 40.2 Å². The minimum absolute atomic E-state index is 0. The Morgan fingerprint density at radius 2 is 2.35 bits per heavy atom. The van der Waals surface area contributed by atoms with Gasteiger partial charge in [0.2, 0.25) is 12.3 Å². The van der Waals surface area contributed by atoms with E-state index in [1.165, 1.54) is 16.7 Å². The van der Waals surface area contributed by atoms with E-state index >= 15 is 0 Å². The van der Waals surface area contributed by atoms with Crippen LogP contribution in [0.25, 0.3) is 0 Å². The van der Waals surface area contributed by atoms with Gasteiger partial charge in [0, 0.05) is 11.4 Å². The van der Waals surface area contributed by atoms with Crippen LogP contribution in [0.4, 0.5) is 0 Å². The number of thioether (sulfide) groups is 1. The summed E-state index contributed by atoms with van der Waals surface area (Å²) >= 11 is 1.36. The molecule has 0 radical (unpaired) electrons. The summed E-state index contributed by atoms with van der Waals surface area (Å²) in [4.78, 5) is 34.7. The summed E-state index contributed by atoms with van der Waals surface area (Å²) in [6, 6.07) is 0. The third-order valence-electron chi connectivity index (χ3n) is 2.65. The maximum Gasteiger partial charge on any atom is 1.00 e. The average molecular weight is 266 g/mol. The molecule has 2 N–H and O–H groups in total. The van der Waals surface area contributed by atoms with Gasteiger partial charge in [-0.15, -0.1) is 11.8 Å². The number of fused-ring (bicyclic) bond motifs is 1. The first-order valence-electron chi connectivity index (χ1n) is 4.69. The smallest absolute Gasteiger partial charge is 1.00 e. The Morgan fingerprint density at radius 1 is 1.71 bits per heavy atom. The van der Waals surface area contributed by atoms with Crippen LogP contribution in [0.2, 0.25) is 0 Å². The molecule has 1 saturated heterocycles. The molecule has 0 saturated carbocycles. The van der Waals surface area contributed by atoms with Crippen LogP contribution in [0, 0.1) is 5.92 Å². The fourth-order valence-electron chi connectivity index (χ4n) is 1.92. The molecular weight excluding hydrogens is 255 g/mol. The molecular formula is C9H11N2NaO4S. The minimum atomic E-state index is -1.08. The van der Waals surface area contributed by atoms with Gasteiger partial charge in [-0.2, -0.15) is 0 Å². The number of β-lactam (4-membered cyclic amide) rings is 1. The van der Waals surface area contributed by atoms with Crippen molar-refractivity contribution in [2.45, 2.75) is 12.3 Å². The molecule has 2 aliphatic rings. The van der Waals surface area contributed by atoms with Crippen molar-refractivity contribution in [1.29, 1.82) is 0 Å². The van der Waals surface area contributed by atoms with Gasteiger partial charge in [0.15, 0.2) is 0 Å². The Bertz CT molecular complexity index is 417. The van der Waals surface area contributed by atoms with E-state index in [1.54, 1.807) is 6.92 Å². The molecule has 1 fully saturated rings. The molecule has 6 nitrogen and oxygen atoms in total. The Kier molecular flexibility index (Phi) is 4.65. The molecule has 0 aromatic heterocycles. The van der Waals surface area contributed by atoms with E-state index < -0.39 is 5.97 Å². The first-order valence-corrected chi connectivity index (χ1v) is 5.56. The molecule has 0 aromatic rings. The normalized spacial score (nSPS) is 25.9. The van der Waals surface area contributed by atoms with Crippen molar-refractivity contribution in [3.05, 3.63) is 10.6 Å². The first kappa shape index (κ1) is 14.6. The monoisotopic (exact) mass is 266 g/mol. The number of nitrogens with one attached hydrogen (secondary N) is 1. The van der Waals surface area contributed by atoms with Gasteiger partial charge in [-0.05, 0) is 6.92 Å². The summed E-state index contributed by atoms with van der Waals surface area (Å²) in [5.74, 6) is -1.63. The fraction of sp³-hybridized carbons (Fsp3) is 0.444. The van der Waals surface area contributed by atoms with Crippen molar-refractivity contribution in [3.8, 4) is 0 Å². The number of rotatable bonds is 4. The molecule has 0 bridgehead atoms. The molecule has 2 atom stereocenters. The number of carbonyl (C=O) groups excluding carboxylic acids is 2. The maximum atomic E-state index is 11.7. The summed E-state index contributed by atoms with van der Waals surface area (Å²) in [6.45, 7) is 1.95.